The Hall–Kier alpha value is -2.66. The fourth-order valence-corrected chi connectivity index (χ4v) is 7.86. The summed E-state index contributed by atoms with van der Waals surface area (Å²) in [5, 5.41) is 26.4. The summed E-state index contributed by atoms with van der Waals surface area (Å²) in [7, 11) is 0. The van der Waals surface area contributed by atoms with Gasteiger partial charge in [-0.25, -0.2) is 0 Å². The third kappa shape index (κ3) is 4.84. The van der Waals surface area contributed by atoms with Crippen LogP contribution < -0.4 is 10.6 Å². The van der Waals surface area contributed by atoms with Crippen molar-refractivity contribution in [3.05, 3.63) is 68.8 Å². The van der Waals surface area contributed by atoms with Gasteiger partial charge >= 0.3 is 5.97 Å². The number of amides is 2. The second-order valence-corrected chi connectivity index (χ2v) is 13.5. The lowest BCUT2D eigenvalue weighted by atomic mass is 9.62. The van der Waals surface area contributed by atoms with Crippen LogP contribution in [-0.4, -0.2) is 94.6 Å². The van der Waals surface area contributed by atoms with Gasteiger partial charge in [-0.2, -0.15) is 5.06 Å². The maximum absolute atomic E-state index is 14.5. The number of ether oxygens (including phenoxy) is 3. The maximum Gasteiger partial charge on any atom is 0.327 e. The van der Waals surface area contributed by atoms with Gasteiger partial charge in [0, 0.05) is 29.4 Å². The molecule has 0 radical (unpaired) electrons. The molecule has 8 atom stereocenters. The molecule has 4 N–H and O–H groups in total. The molecule has 3 heterocycles. The number of benzene rings is 2. The number of aliphatic hydroxyl groups is 2. The number of nitrogens with one attached hydrogen (secondary N) is 2. The quantitative estimate of drug-likeness (QED) is 0.222. The van der Waals surface area contributed by atoms with E-state index in [1.165, 1.54) is 12.0 Å². The average molecular weight is 720 g/mol. The Morgan fingerprint density at radius 2 is 1.77 bits per heavy atom. The van der Waals surface area contributed by atoms with Crippen molar-refractivity contribution in [3.8, 4) is 0 Å². The van der Waals surface area contributed by atoms with E-state index in [0.717, 1.165) is 20.3 Å². The highest BCUT2D eigenvalue weighted by atomic mass is 127. The Morgan fingerprint density at radius 1 is 1.09 bits per heavy atom. The molecular weight excluding hydrogens is 685 g/mol. The molecule has 1 spiro atoms. The molecular formula is C31H34IN3O9. The molecule has 2 aromatic carbocycles. The van der Waals surface area contributed by atoms with Crippen LogP contribution in [0.4, 0.5) is 0 Å². The lowest BCUT2D eigenvalue weighted by Gasteiger charge is -2.49. The second kappa shape index (κ2) is 11.3. The first kappa shape index (κ1) is 30.0. The zero-order chi connectivity index (χ0) is 30.8. The normalized spacial score (nSPS) is 32.5. The van der Waals surface area contributed by atoms with Gasteiger partial charge < -0.3 is 35.1 Å². The minimum Gasteiger partial charge on any atom is -0.458 e. The number of halogens is 1. The van der Waals surface area contributed by atoms with Crippen LogP contribution in [0.1, 0.15) is 30.0 Å². The van der Waals surface area contributed by atoms with E-state index in [-0.39, 0.29) is 26.1 Å². The minimum atomic E-state index is -1.50. The molecule has 0 aromatic heterocycles. The van der Waals surface area contributed by atoms with Crippen molar-refractivity contribution >= 4 is 40.4 Å². The molecule has 3 saturated heterocycles. The number of hydrogen-bond acceptors (Lipinski definition) is 10. The van der Waals surface area contributed by atoms with E-state index in [1.807, 2.05) is 48.5 Å². The predicted molar refractivity (Wildman–Crippen MR) is 160 cm³/mol. The fourth-order valence-electron chi connectivity index (χ4n) is 7.50. The Labute approximate surface area is 267 Å². The lowest BCUT2D eigenvalue weighted by Crippen LogP contribution is -2.71. The number of aliphatic hydroxyl groups excluding tert-OH is 2. The molecule has 44 heavy (non-hydrogen) atoms. The molecule has 4 fully saturated rings. The van der Waals surface area contributed by atoms with Crippen LogP contribution in [0.2, 0.25) is 0 Å². The van der Waals surface area contributed by atoms with Crippen LogP contribution in [0.25, 0.3) is 0 Å². The molecule has 3 aliphatic heterocycles. The number of carbonyl (C=O) groups excluding carboxylic acids is 3. The summed E-state index contributed by atoms with van der Waals surface area (Å²) in [4.78, 5) is 47.8. The molecule has 2 aromatic rings. The van der Waals surface area contributed by atoms with Crippen molar-refractivity contribution < 1.29 is 43.6 Å². The molecule has 12 nitrogen and oxygen atoms in total. The van der Waals surface area contributed by atoms with Gasteiger partial charge in [0.05, 0.1) is 19.3 Å². The van der Waals surface area contributed by atoms with E-state index >= 15 is 0 Å². The minimum absolute atomic E-state index is 0.0466. The Kier molecular flexibility index (Phi) is 7.71. The van der Waals surface area contributed by atoms with Crippen LogP contribution in [0.15, 0.2) is 48.5 Å². The van der Waals surface area contributed by atoms with Crippen molar-refractivity contribution in [1.29, 1.82) is 0 Å². The maximum atomic E-state index is 14.5. The molecule has 0 unspecified atom stereocenters. The molecule has 2 aliphatic carbocycles. The van der Waals surface area contributed by atoms with E-state index < -0.39 is 71.6 Å². The molecule has 13 heteroatoms. The fraction of sp³-hybridized carbons (Fsp3) is 0.516. The van der Waals surface area contributed by atoms with Gasteiger partial charge in [0.1, 0.15) is 35.9 Å². The number of esters is 1. The summed E-state index contributed by atoms with van der Waals surface area (Å²) in [6.45, 7) is 1.23. The zero-order valence-electron chi connectivity index (χ0n) is 24.0. The summed E-state index contributed by atoms with van der Waals surface area (Å²) in [5.41, 5.74) is 1.58. The number of fused-ring (bicyclic) bond motifs is 5. The number of hydrogen-bond donors (Lipinski definition) is 4. The van der Waals surface area contributed by atoms with Gasteiger partial charge in [-0.15, -0.1) is 0 Å². The van der Waals surface area contributed by atoms with Crippen molar-refractivity contribution in [2.75, 3.05) is 13.2 Å². The third-order valence-corrected chi connectivity index (χ3v) is 10.1. The third-order valence-electron chi connectivity index (χ3n) is 9.43. The van der Waals surface area contributed by atoms with Gasteiger partial charge in [0.25, 0.3) is 0 Å². The summed E-state index contributed by atoms with van der Waals surface area (Å²) >= 11 is 2.21. The first-order valence-corrected chi connectivity index (χ1v) is 15.9. The first-order chi connectivity index (χ1) is 21.1. The van der Waals surface area contributed by atoms with Crippen LogP contribution >= 0.6 is 22.6 Å². The van der Waals surface area contributed by atoms with Crippen LogP contribution in [-0.2, 0) is 52.8 Å². The highest BCUT2D eigenvalue weighted by Gasteiger charge is 2.76. The van der Waals surface area contributed by atoms with Crippen LogP contribution in [0.3, 0.4) is 0 Å². The first-order valence-electron chi connectivity index (χ1n) is 14.8. The van der Waals surface area contributed by atoms with Crippen molar-refractivity contribution in [2.24, 2.45) is 5.41 Å². The topological polar surface area (TPSA) is 156 Å². The molecule has 1 saturated carbocycles. The summed E-state index contributed by atoms with van der Waals surface area (Å²) in [6.07, 6.45) is -3.31. The second-order valence-electron chi connectivity index (χ2n) is 12.3. The summed E-state index contributed by atoms with van der Waals surface area (Å²) < 4.78 is 20.4. The van der Waals surface area contributed by atoms with Crippen molar-refractivity contribution in [1.82, 2.24) is 15.7 Å². The van der Waals surface area contributed by atoms with Crippen LogP contribution in [0, 0.1) is 8.99 Å². The Bertz CT molecular complexity index is 1450. The standard InChI is InChI=1S/C31H34IN3O9/c1-16(37)22(27(38)33-10-11-36)34-29(40)31-14-21-23-24(43-30(42-23)12-18-4-2-3-5-19(18)13-30)26(31)44-35(25(31)28(39)41-21)15-17-6-8-20(32)9-7-17/h2-9,16,21-26,36-37H,10-15H2,1H3,(H,33,38)(H,34,40)/t16-,21+,22+,23-,24-,25-,26+,31-/m0/s1. The average Bonchev–Trinajstić information content (AvgIpc) is 3.67. The molecule has 2 amide bonds. The largest absolute Gasteiger partial charge is 0.458 e. The van der Waals surface area contributed by atoms with E-state index in [4.69, 9.17) is 19.0 Å². The highest BCUT2D eigenvalue weighted by Crippen LogP contribution is 2.58. The van der Waals surface area contributed by atoms with Crippen molar-refractivity contribution in [2.45, 2.75) is 81.1 Å². The number of hydroxylamine groups is 2. The predicted octanol–water partition coefficient (Wildman–Crippen LogP) is 0.344. The molecule has 234 valence electrons. The summed E-state index contributed by atoms with van der Waals surface area (Å²) in [5.74, 6) is -2.90. The van der Waals surface area contributed by atoms with E-state index in [2.05, 4.69) is 33.2 Å². The zero-order valence-corrected chi connectivity index (χ0v) is 26.1. The SMILES string of the molecule is C[C@H](O)[C@@H](NC(=O)[C@@]12C[C@H]3OC(=O)[C@@H]1N(Cc1ccc(I)cc1)O[C@@H]2[C@H]1OC2(Cc4ccccc4C2)O[C@H]13)C(=O)NCCO. The lowest BCUT2D eigenvalue weighted by molar-refractivity contribution is -0.217. The van der Waals surface area contributed by atoms with Gasteiger partial charge in [-0.3, -0.25) is 19.2 Å². The van der Waals surface area contributed by atoms with Gasteiger partial charge in [-0.1, -0.05) is 36.4 Å². The van der Waals surface area contributed by atoms with E-state index in [0.29, 0.717) is 12.8 Å². The molecule has 7 rings (SSSR count). The van der Waals surface area contributed by atoms with E-state index in [9.17, 15) is 24.6 Å². The van der Waals surface area contributed by atoms with Crippen LogP contribution in [0.5, 0.6) is 0 Å². The molecule has 5 aliphatic rings. The molecule has 2 bridgehead atoms. The van der Waals surface area contributed by atoms with Crippen molar-refractivity contribution in [3.63, 3.8) is 0 Å². The smallest absolute Gasteiger partial charge is 0.327 e. The summed E-state index contributed by atoms with van der Waals surface area (Å²) in [6, 6.07) is 13.3. The van der Waals surface area contributed by atoms with E-state index in [1.54, 1.807) is 0 Å². The Balaban J connectivity index is 1.25. The number of carbonyl (C=O) groups is 3. The highest BCUT2D eigenvalue weighted by molar-refractivity contribution is 14.1. The number of nitrogens with zero attached hydrogens (tertiary/aromatic N) is 1. The van der Waals surface area contributed by atoms with Gasteiger partial charge in [0.2, 0.25) is 11.8 Å². The van der Waals surface area contributed by atoms with Gasteiger partial charge in [-0.05, 0) is 58.3 Å². The Morgan fingerprint density at radius 3 is 2.43 bits per heavy atom. The number of rotatable bonds is 8. The monoisotopic (exact) mass is 719 g/mol. The van der Waals surface area contributed by atoms with Gasteiger partial charge in [0.15, 0.2) is 11.8 Å².